The molecule has 0 spiro atoms. The number of anilines is 2. The van der Waals surface area contributed by atoms with Crippen LogP contribution in [-0.2, 0) is 0 Å². The molecule has 2 aromatic heterocycles. The molecule has 1 fully saturated rings. The van der Waals surface area contributed by atoms with Crippen LogP contribution in [0.2, 0.25) is 0 Å². The van der Waals surface area contributed by atoms with Crippen molar-refractivity contribution in [3.8, 4) is 5.82 Å². The Morgan fingerprint density at radius 2 is 2.04 bits per heavy atom. The van der Waals surface area contributed by atoms with E-state index in [0.29, 0.717) is 5.56 Å². The average molecular weight is 347 g/mol. The van der Waals surface area contributed by atoms with E-state index in [2.05, 4.69) is 39.2 Å². The molecule has 1 atom stereocenters. The van der Waals surface area contributed by atoms with Crippen LogP contribution in [0.4, 0.5) is 11.4 Å². The van der Waals surface area contributed by atoms with Crippen LogP contribution in [0.5, 0.6) is 0 Å². The van der Waals surface area contributed by atoms with E-state index < -0.39 is 0 Å². The van der Waals surface area contributed by atoms with E-state index in [4.69, 9.17) is 0 Å². The van der Waals surface area contributed by atoms with Crippen LogP contribution in [0.25, 0.3) is 5.82 Å². The van der Waals surface area contributed by atoms with Gasteiger partial charge in [0.1, 0.15) is 12.1 Å². The Kier molecular flexibility index (Phi) is 4.39. The first-order valence-electron chi connectivity index (χ1n) is 8.80. The lowest BCUT2D eigenvalue weighted by Gasteiger charge is -2.18. The van der Waals surface area contributed by atoms with E-state index >= 15 is 0 Å². The summed E-state index contributed by atoms with van der Waals surface area (Å²) in [6.45, 7) is 4.48. The topological polar surface area (TPSA) is 63.1 Å². The molecule has 0 radical (unpaired) electrons. The second kappa shape index (κ2) is 7.00. The molecule has 26 heavy (non-hydrogen) atoms. The monoisotopic (exact) mass is 347 g/mol. The molecule has 3 heterocycles. The summed E-state index contributed by atoms with van der Waals surface area (Å²) in [5.74, 6) is 1.30. The molecule has 1 amide bonds. The second-order valence-corrected chi connectivity index (χ2v) is 6.72. The van der Waals surface area contributed by atoms with Gasteiger partial charge in [0, 0.05) is 43.1 Å². The Bertz CT molecular complexity index is 872. The number of hydrogen-bond donors (Lipinski definition) is 1. The van der Waals surface area contributed by atoms with Crippen LogP contribution in [0, 0.1) is 5.92 Å². The normalized spacial score (nSPS) is 16.7. The van der Waals surface area contributed by atoms with E-state index in [-0.39, 0.29) is 5.91 Å². The molecule has 0 unspecified atom stereocenters. The minimum Gasteiger partial charge on any atom is -0.371 e. The Balaban J connectivity index is 1.41. The van der Waals surface area contributed by atoms with Crippen molar-refractivity contribution in [1.82, 2.24) is 14.5 Å². The summed E-state index contributed by atoms with van der Waals surface area (Å²) in [4.78, 5) is 23.1. The van der Waals surface area contributed by atoms with Crippen molar-refractivity contribution in [2.45, 2.75) is 13.3 Å². The highest BCUT2D eigenvalue weighted by Crippen LogP contribution is 2.25. The second-order valence-electron chi connectivity index (χ2n) is 6.72. The van der Waals surface area contributed by atoms with Crippen molar-refractivity contribution in [2.24, 2.45) is 5.92 Å². The average Bonchev–Trinajstić information content (AvgIpc) is 3.34. The summed E-state index contributed by atoms with van der Waals surface area (Å²) in [5.41, 5.74) is 2.51. The van der Waals surface area contributed by atoms with Gasteiger partial charge in [-0.1, -0.05) is 6.92 Å². The molecule has 3 aromatic rings. The van der Waals surface area contributed by atoms with Crippen molar-refractivity contribution >= 4 is 17.3 Å². The van der Waals surface area contributed by atoms with Crippen LogP contribution in [0.1, 0.15) is 23.7 Å². The smallest absolute Gasteiger partial charge is 0.257 e. The zero-order chi connectivity index (χ0) is 17.9. The van der Waals surface area contributed by atoms with E-state index in [9.17, 15) is 4.79 Å². The van der Waals surface area contributed by atoms with E-state index in [1.54, 1.807) is 35.4 Å². The maximum absolute atomic E-state index is 12.4. The third kappa shape index (κ3) is 3.44. The maximum atomic E-state index is 12.4. The Hall–Kier alpha value is -3.15. The molecule has 1 aliphatic rings. The van der Waals surface area contributed by atoms with Crippen LogP contribution < -0.4 is 10.2 Å². The number of rotatable bonds is 4. The van der Waals surface area contributed by atoms with Crippen LogP contribution in [0.15, 0.2) is 61.3 Å². The number of aromatic nitrogens is 3. The van der Waals surface area contributed by atoms with Gasteiger partial charge in [-0.05, 0) is 48.7 Å². The molecule has 6 nitrogen and oxygen atoms in total. The molecule has 0 saturated carbocycles. The van der Waals surface area contributed by atoms with Gasteiger partial charge >= 0.3 is 0 Å². The molecule has 1 N–H and O–H groups in total. The van der Waals surface area contributed by atoms with Crippen molar-refractivity contribution in [3.63, 3.8) is 0 Å². The quantitative estimate of drug-likeness (QED) is 0.786. The van der Waals surface area contributed by atoms with Crippen molar-refractivity contribution in [2.75, 3.05) is 23.3 Å². The first-order valence-corrected chi connectivity index (χ1v) is 8.80. The summed E-state index contributed by atoms with van der Waals surface area (Å²) in [5, 5.41) is 2.92. The highest BCUT2D eigenvalue weighted by Gasteiger charge is 2.18. The maximum Gasteiger partial charge on any atom is 0.257 e. The molecular formula is C20H21N5O. The Labute approximate surface area is 152 Å². The number of nitrogens with zero attached hydrogens (tertiary/aromatic N) is 4. The number of hydrogen-bond acceptors (Lipinski definition) is 4. The summed E-state index contributed by atoms with van der Waals surface area (Å²) in [6, 6.07) is 11.6. The third-order valence-corrected chi connectivity index (χ3v) is 4.69. The largest absolute Gasteiger partial charge is 0.371 e. The van der Waals surface area contributed by atoms with Gasteiger partial charge in [0.15, 0.2) is 0 Å². The lowest BCUT2D eigenvalue weighted by Crippen LogP contribution is -2.19. The number of amides is 1. The van der Waals surface area contributed by atoms with Gasteiger partial charge in [-0.25, -0.2) is 9.97 Å². The number of carbonyl (C=O) groups excluding carboxylic acids is 1. The highest BCUT2D eigenvalue weighted by atomic mass is 16.1. The van der Waals surface area contributed by atoms with Crippen LogP contribution in [0.3, 0.4) is 0 Å². The Morgan fingerprint density at radius 3 is 2.65 bits per heavy atom. The summed E-state index contributed by atoms with van der Waals surface area (Å²) >= 11 is 0. The van der Waals surface area contributed by atoms with Crippen molar-refractivity contribution in [1.29, 1.82) is 0 Å². The molecule has 1 aromatic carbocycles. The fraction of sp³-hybridized carbons (Fsp3) is 0.250. The number of imidazole rings is 1. The Morgan fingerprint density at radius 1 is 1.19 bits per heavy atom. The fourth-order valence-electron chi connectivity index (χ4n) is 3.20. The van der Waals surface area contributed by atoms with Crippen LogP contribution >= 0.6 is 0 Å². The zero-order valence-corrected chi connectivity index (χ0v) is 14.7. The molecule has 1 saturated heterocycles. The van der Waals surface area contributed by atoms with Crippen LogP contribution in [-0.4, -0.2) is 33.5 Å². The SMILES string of the molecule is C[C@H]1CCN(c2ccc(NC(=O)c3ccc(-n4ccnc4)nc3)cc2)C1. The zero-order valence-electron chi connectivity index (χ0n) is 14.7. The number of carbonyl (C=O) groups is 1. The van der Waals surface area contributed by atoms with E-state index in [0.717, 1.165) is 30.5 Å². The third-order valence-electron chi connectivity index (χ3n) is 4.69. The lowest BCUT2D eigenvalue weighted by atomic mass is 10.2. The number of benzene rings is 1. The van der Waals surface area contributed by atoms with E-state index in [1.165, 1.54) is 12.1 Å². The van der Waals surface area contributed by atoms with Gasteiger partial charge in [0.2, 0.25) is 0 Å². The predicted octanol–water partition coefficient (Wildman–Crippen LogP) is 3.37. The first kappa shape index (κ1) is 16.3. The molecule has 4 rings (SSSR count). The summed E-state index contributed by atoms with van der Waals surface area (Å²) < 4.78 is 1.79. The highest BCUT2D eigenvalue weighted by molar-refractivity contribution is 6.04. The van der Waals surface area contributed by atoms with Gasteiger partial charge in [-0.3, -0.25) is 9.36 Å². The molecule has 0 aliphatic carbocycles. The number of pyridine rings is 1. The van der Waals surface area contributed by atoms with Crippen molar-refractivity contribution < 1.29 is 4.79 Å². The first-order chi connectivity index (χ1) is 12.7. The fourth-order valence-corrected chi connectivity index (χ4v) is 3.20. The standard InChI is InChI=1S/C20H21N5O/c1-15-8-10-24(13-15)18-5-3-17(4-6-18)23-20(26)16-2-7-19(22-12-16)25-11-9-21-14-25/h2-7,9,11-12,14-15H,8,10,13H2,1H3,(H,23,26)/t15-/m0/s1. The van der Waals surface area contributed by atoms with Gasteiger partial charge in [0.05, 0.1) is 5.56 Å². The van der Waals surface area contributed by atoms with E-state index in [1.807, 2.05) is 18.3 Å². The molecular weight excluding hydrogens is 326 g/mol. The van der Waals surface area contributed by atoms with Gasteiger partial charge in [0.25, 0.3) is 5.91 Å². The van der Waals surface area contributed by atoms with Gasteiger partial charge in [-0.15, -0.1) is 0 Å². The molecule has 1 aliphatic heterocycles. The lowest BCUT2D eigenvalue weighted by molar-refractivity contribution is 0.102. The molecule has 6 heteroatoms. The van der Waals surface area contributed by atoms with Crippen molar-refractivity contribution in [3.05, 3.63) is 66.9 Å². The summed E-state index contributed by atoms with van der Waals surface area (Å²) in [6.07, 6.45) is 7.98. The molecule has 0 bridgehead atoms. The number of nitrogens with one attached hydrogen (secondary N) is 1. The van der Waals surface area contributed by atoms with Gasteiger partial charge < -0.3 is 10.2 Å². The minimum atomic E-state index is -0.169. The summed E-state index contributed by atoms with van der Waals surface area (Å²) in [7, 11) is 0. The minimum absolute atomic E-state index is 0.169. The van der Waals surface area contributed by atoms with Gasteiger partial charge in [-0.2, -0.15) is 0 Å². The predicted molar refractivity (Wildman–Crippen MR) is 102 cm³/mol. The molecule has 132 valence electrons.